The summed E-state index contributed by atoms with van der Waals surface area (Å²) in [6.45, 7) is 6.98. The molecule has 1 saturated heterocycles. The van der Waals surface area contributed by atoms with Gasteiger partial charge < -0.3 is 9.80 Å². The second-order valence-electron chi connectivity index (χ2n) is 6.67. The van der Waals surface area contributed by atoms with Crippen LogP contribution in [0.3, 0.4) is 0 Å². The predicted molar refractivity (Wildman–Crippen MR) is 111 cm³/mol. The molecule has 1 fully saturated rings. The van der Waals surface area contributed by atoms with Crippen LogP contribution in [0.4, 0.5) is 5.82 Å². The van der Waals surface area contributed by atoms with Crippen LogP contribution in [-0.4, -0.2) is 47.0 Å². The number of carbonyl (C=O) groups excluding carboxylic acids is 1. The summed E-state index contributed by atoms with van der Waals surface area (Å²) >= 11 is 7.66. The second kappa shape index (κ2) is 7.44. The number of aromatic nitrogens is 2. The Morgan fingerprint density at radius 1 is 1.15 bits per heavy atom. The van der Waals surface area contributed by atoms with Gasteiger partial charge in [-0.25, -0.2) is 9.97 Å². The Hall–Kier alpha value is -2.18. The van der Waals surface area contributed by atoms with E-state index >= 15 is 0 Å². The van der Waals surface area contributed by atoms with Crippen LogP contribution in [0.25, 0.3) is 10.2 Å². The average Bonchev–Trinajstić information content (AvgIpc) is 3.10. The van der Waals surface area contributed by atoms with Crippen molar-refractivity contribution < 1.29 is 4.79 Å². The first kappa shape index (κ1) is 18.2. The van der Waals surface area contributed by atoms with E-state index in [1.807, 2.05) is 11.8 Å². The van der Waals surface area contributed by atoms with E-state index in [0.29, 0.717) is 23.7 Å². The quantitative estimate of drug-likeness (QED) is 0.661. The number of amides is 1. The van der Waals surface area contributed by atoms with E-state index in [1.165, 1.54) is 4.88 Å². The monoisotopic (exact) mass is 400 g/mol. The van der Waals surface area contributed by atoms with Gasteiger partial charge in [0.1, 0.15) is 16.5 Å². The number of anilines is 1. The number of carbonyl (C=O) groups is 1. The van der Waals surface area contributed by atoms with Crippen LogP contribution in [0, 0.1) is 6.92 Å². The molecule has 3 heterocycles. The summed E-state index contributed by atoms with van der Waals surface area (Å²) in [7, 11) is 0. The highest BCUT2D eigenvalue weighted by Gasteiger charge is 2.24. The molecule has 1 aliphatic rings. The van der Waals surface area contributed by atoms with Crippen LogP contribution in [0.2, 0.25) is 5.02 Å². The highest BCUT2D eigenvalue weighted by molar-refractivity contribution is 7.18. The van der Waals surface area contributed by atoms with Crippen molar-refractivity contribution in [2.24, 2.45) is 0 Å². The van der Waals surface area contributed by atoms with Crippen molar-refractivity contribution in [3.05, 3.63) is 51.6 Å². The molecular weight excluding hydrogens is 380 g/mol. The molecule has 140 valence electrons. The lowest BCUT2D eigenvalue weighted by molar-refractivity contribution is 0.0746. The molecular formula is C20H21ClN4OS. The van der Waals surface area contributed by atoms with Gasteiger partial charge in [-0.1, -0.05) is 18.5 Å². The molecule has 0 N–H and O–H groups in total. The number of fused-ring (bicyclic) bond motifs is 1. The summed E-state index contributed by atoms with van der Waals surface area (Å²) < 4.78 is 0. The zero-order chi connectivity index (χ0) is 19.0. The Balaban J connectivity index is 1.52. The van der Waals surface area contributed by atoms with Crippen molar-refractivity contribution in [1.82, 2.24) is 14.9 Å². The molecule has 0 saturated carbocycles. The van der Waals surface area contributed by atoms with Gasteiger partial charge in [-0.2, -0.15) is 0 Å². The van der Waals surface area contributed by atoms with Gasteiger partial charge in [-0.3, -0.25) is 4.79 Å². The number of thiophene rings is 1. The Morgan fingerprint density at radius 2 is 1.85 bits per heavy atom. The normalized spacial score (nSPS) is 14.8. The van der Waals surface area contributed by atoms with Gasteiger partial charge in [-0.15, -0.1) is 11.3 Å². The number of benzene rings is 1. The summed E-state index contributed by atoms with van der Waals surface area (Å²) in [5.41, 5.74) is 0.679. The number of nitrogens with zero attached hydrogens (tertiary/aromatic N) is 4. The lowest BCUT2D eigenvalue weighted by atomic mass is 10.2. The molecule has 1 aromatic carbocycles. The fraction of sp³-hybridized carbons (Fsp3) is 0.350. The highest BCUT2D eigenvalue weighted by atomic mass is 35.5. The summed E-state index contributed by atoms with van der Waals surface area (Å²) in [5, 5.41) is 1.77. The molecule has 0 atom stereocenters. The van der Waals surface area contributed by atoms with E-state index in [0.717, 1.165) is 41.4 Å². The molecule has 0 aliphatic carbocycles. The van der Waals surface area contributed by atoms with Crippen LogP contribution in [0.15, 0.2) is 30.3 Å². The molecule has 3 aromatic rings. The minimum Gasteiger partial charge on any atom is -0.352 e. The van der Waals surface area contributed by atoms with Crippen LogP contribution < -0.4 is 4.90 Å². The van der Waals surface area contributed by atoms with Gasteiger partial charge in [0.2, 0.25) is 0 Å². The molecule has 0 spiro atoms. The van der Waals surface area contributed by atoms with Gasteiger partial charge in [-0.05, 0) is 43.7 Å². The first-order valence-electron chi connectivity index (χ1n) is 9.12. The smallest absolute Gasteiger partial charge is 0.253 e. The number of halogens is 1. The topological polar surface area (TPSA) is 49.3 Å². The summed E-state index contributed by atoms with van der Waals surface area (Å²) in [5.74, 6) is 1.84. The minimum atomic E-state index is 0.0548. The fourth-order valence-corrected chi connectivity index (χ4v) is 4.51. The van der Waals surface area contributed by atoms with E-state index in [2.05, 4.69) is 22.9 Å². The number of hydrogen-bond acceptors (Lipinski definition) is 5. The lowest BCUT2D eigenvalue weighted by Crippen LogP contribution is -2.49. The zero-order valence-electron chi connectivity index (χ0n) is 15.4. The lowest BCUT2D eigenvalue weighted by Gasteiger charge is -2.35. The van der Waals surface area contributed by atoms with Crippen LogP contribution in [-0.2, 0) is 6.42 Å². The molecule has 0 bridgehead atoms. The number of rotatable bonds is 3. The molecule has 1 aliphatic heterocycles. The predicted octanol–water partition coefficient (Wildman–Crippen LogP) is 4.18. The third-order valence-electron chi connectivity index (χ3n) is 4.84. The van der Waals surface area contributed by atoms with E-state index in [9.17, 15) is 4.79 Å². The first-order valence-corrected chi connectivity index (χ1v) is 10.3. The third-order valence-corrected chi connectivity index (χ3v) is 6.27. The van der Waals surface area contributed by atoms with Crippen molar-refractivity contribution in [2.45, 2.75) is 20.3 Å². The van der Waals surface area contributed by atoms with E-state index in [1.54, 1.807) is 35.6 Å². The summed E-state index contributed by atoms with van der Waals surface area (Å²) in [6, 6.07) is 9.29. The molecule has 5 nitrogen and oxygen atoms in total. The third kappa shape index (κ3) is 3.64. The fourth-order valence-electron chi connectivity index (χ4n) is 3.37. The van der Waals surface area contributed by atoms with Crippen LogP contribution in [0.1, 0.15) is 28.0 Å². The van der Waals surface area contributed by atoms with Crippen molar-refractivity contribution in [3.8, 4) is 0 Å². The molecule has 2 aromatic heterocycles. The van der Waals surface area contributed by atoms with Crippen molar-refractivity contribution in [2.75, 3.05) is 31.1 Å². The van der Waals surface area contributed by atoms with Crippen LogP contribution >= 0.6 is 22.9 Å². The van der Waals surface area contributed by atoms with Gasteiger partial charge >= 0.3 is 0 Å². The second-order valence-corrected chi connectivity index (χ2v) is 8.22. The van der Waals surface area contributed by atoms with Gasteiger partial charge in [0, 0.05) is 41.6 Å². The Bertz CT molecular complexity index is 978. The number of aryl methyl sites for hydroxylation is 2. The largest absolute Gasteiger partial charge is 0.352 e. The highest BCUT2D eigenvalue weighted by Crippen LogP contribution is 2.32. The van der Waals surface area contributed by atoms with Crippen LogP contribution in [0.5, 0.6) is 0 Å². The molecule has 27 heavy (non-hydrogen) atoms. The molecule has 7 heteroatoms. The number of piperazine rings is 1. The van der Waals surface area contributed by atoms with E-state index in [-0.39, 0.29) is 5.91 Å². The maximum Gasteiger partial charge on any atom is 0.253 e. The average molecular weight is 401 g/mol. The first-order chi connectivity index (χ1) is 13.0. The SMILES string of the molecule is CCc1cc2c(N3CCN(C(=O)c4ccc(Cl)cc4)CC3)nc(C)nc2s1. The van der Waals surface area contributed by atoms with E-state index in [4.69, 9.17) is 16.6 Å². The molecule has 4 rings (SSSR count). The molecule has 0 radical (unpaired) electrons. The Labute approximate surface area is 167 Å². The van der Waals surface area contributed by atoms with Crippen molar-refractivity contribution >= 4 is 44.9 Å². The van der Waals surface area contributed by atoms with Crippen molar-refractivity contribution in [1.29, 1.82) is 0 Å². The summed E-state index contributed by atoms with van der Waals surface area (Å²) in [4.78, 5) is 28.6. The maximum atomic E-state index is 12.7. The summed E-state index contributed by atoms with van der Waals surface area (Å²) in [6.07, 6.45) is 1.00. The molecule has 1 amide bonds. The zero-order valence-corrected chi connectivity index (χ0v) is 17.0. The Morgan fingerprint density at radius 3 is 2.52 bits per heavy atom. The van der Waals surface area contributed by atoms with Gasteiger partial charge in [0.25, 0.3) is 5.91 Å². The van der Waals surface area contributed by atoms with Crippen molar-refractivity contribution in [3.63, 3.8) is 0 Å². The van der Waals surface area contributed by atoms with Gasteiger partial charge in [0.05, 0.1) is 5.39 Å². The standard InChI is InChI=1S/C20H21ClN4OS/c1-3-16-12-17-18(22-13(2)23-19(17)27-16)24-8-10-25(11-9-24)20(26)14-4-6-15(21)7-5-14/h4-7,12H,3,8-11H2,1-2H3. The van der Waals surface area contributed by atoms with E-state index < -0.39 is 0 Å². The Kier molecular flexibility index (Phi) is 5.02. The van der Waals surface area contributed by atoms with Gasteiger partial charge in [0.15, 0.2) is 0 Å². The number of hydrogen-bond donors (Lipinski definition) is 0. The minimum absolute atomic E-state index is 0.0548. The maximum absolute atomic E-state index is 12.7. The molecule has 0 unspecified atom stereocenters.